The Bertz CT molecular complexity index is 419. The Morgan fingerprint density at radius 2 is 2.06 bits per heavy atom. The summed E-state index contributed by atoms with van der Waals surface area (Å²) in [6.45, 7) is 3.36. The molecule has 0 spiro atoms. The van der Waals surface area contributed by atoms with Crippen LogP contribution in [0.1, 0.15) is 19.4 Å². The smallest absolute Gasteiger partial charge is 0.224 e. The Kier molecular flexibility index (Phi) is 4.80. The molecule has 5 heteroatoms. The Labute approximate surface area is 111 Å². The molecule has 1 amide bonds. The summed E-state index contributed by atoms with van der Waals surface area (Å²) in [4.78, 5) is 11.7. The van der Waals surface area contributed by atoms with Crippen LogP contribution in [0, 0.1) is 0 Å². The highest BCUT2D eigenvalue weighted by Gasteiger charge is 2.19. The van der Waals surface area contributed by atoms with Gasteiger partial charge in [-0.25, -0.2) is 0 Å². The number of halogens is 2. The topological polar surface area (TPSA) is 49.3 Å². The van der Waals surface area contributed by atoms with Gasteiger partial charge < -0.3 is 10.4 Å². The van der Waals surface area contributed by atoms with Crippen LogP contribution in [-0.4, -0.2) is 23.2 Å². The van der Waals surface area contributed by atoms with Crippen molar-refractivity contribution in [1.29, 1.82) is 0 Å². The second kappa shape index (κ2) is 5.71. The van der Waals surface area contributed by atoms with E-state index in [-0.39, 0.29) is 18.9 Å². The van der Waals surface area contributed by atoms with Gasteiger partial charge in [0.05, 0.1) is 18.6 Å². The number of benzene rings is 1. The summed E-state index contributed by atoms with van der Waals surface area (Å²) < 4.78 is 0. The first-order valence-corrected chi connectivity index (χ1v) is 5.95. The van der Waals surface area contributed by atoms with E-state index >= 15 is 0 Å². The van der Waals surface area contributed by atoms with E-state index in [2.05, 4.69) is 5.32 Å². The third-order valence-electron chi connectivity index (χ3n) is 2.23. The molecule has 2 N–H and O–H groups in total. The lowest BCUT2D eigenvalue weighted by Gasteiger charge is -2.23. The second-order valence-electron chi connectivity index (χ2n) is 4.50. The third kappa shape index (κ3) is 4.54. The number of hydrogen-bond acceptors (Lipinski definition) is 2. The molecule has 94 valence electrons. The molecule has 0 aliphatic carbocycles. The summed E-state index contributed by atoms with van der Waals surface area (Å²) in [6, 6.07) is 4.99. The highest BCUT2D eigenvalue weighted by molar-refractivity contribution is 6.33. The molecule has 1 aromatic rings. The van der Waals surface area contributed by atoms with Gasteiger partial charge in [-0.2, -0.15) is 0 Å². The normalized spacial score (nSPS) is 11.4. The van der Waals surface area contributed by atoms with E-state index in [1.165, 1.54) is 0 Å². The molecule has 0 saturated heterocycles. The highest BCUT2D eigenvalue weighted by Crippen LogP contribution is 2.21. The number of carbonyl (C=O) groups excluding carboxylic acids is 1. The van der Waals surface area contributed by atoms with Gasteiger partial charge in [-0.1, -0.05) is 23.2 Å². The maximum absolute atomic E-state index is 11.7. The summed E-state index contributed by atoms with van der Waals surface area (Å²) in [7, 11) is 0. The minimum atomic E-state index is -0.637. The number of aliphatic hydroxyl groups excluding tert-OH is 1. The quantitative estimate of drug-likeness (QED) is 0.887. The molecule has 0 atom stereocenters. The van der Waals surface area contributed by atoms with E-state index in [1.54, 1.807) is 32.0 Å². The van der Waals surface area contributed by atoms with Crippen molar-refractivity contribution in [3.63, 3.8) is 0 Å². The molecule has 0 aliphatic heterocycles. The number of aliphatic hydroxyl groups is 1. The van der Waals surface area contributed by atoms with Crippen molar-refractivity contribution in [3.8, 4) is 0 Å². The Hall–Kier alpha value is -0.770. The van der Waals surface area contributed by atoms with Gasteiger partial charge >= 0.3 is 0 Å². The fraction of sp³-hybridized carbons (Fsp3) is 0.417. The standard InChI is InChI=1S/C12H15Cl2NO2/c1-12(2,7-16)15-11(17)6-8-5-9(13)3-4-10(8)14/h3-5,16H,6-7H2,1-2H3,(H,15,17). The van der Waals surface area contributed by atoms with Crippen LogP contribution >= 0.6 is 23.2 Å². The molecular formula is C12H15Cl2NO2. The largest absolute Gasteiger partial charge is 0.394 e. The maximum Gasteiger partial charge on any atom is 0.224 e. The van der Waals surface area contributed by atoms with Crippen LogP contribution in [0.4, 0.5) is 0 Å². The summed E-state index contributed by atoms with van der Waals surface area (Å²) in [5.74, 6) is -0.201. The molecule has 0 bridgehead atoms. The number of rotatable bonds is 4. The first kappa shape index (κ1) is 14.3. The number of hydrogen-bond donors (Lipinski definition) is 2. The Morgan fingerprint density at radius 3 is 2.65 bits per heavy atom. The molecule has 17 heavy (non-hydrogen) atoms. The predicted molar refractivity (Wildman–Crippen MR) is 69.5 cm³/mol. The average molecular weight is 276 g/mol. The van der Waals surface area contributed by atoms with Crippen molar-refractivity contribution in [1.82, 2.24) is 5.32 Å². The van der Waals surface area contributed by atoms with Crippen molar-refractivity contribution in [2.75, 3.05) is 6.61 Å². The maximum atomic E-state index is 11.7. The third-order valence-corrected chi connectivity index (χ3v) is 2.84. The molecule has 1 aromatic carbocycles. The summed E-state index contributed by atoms with van der Waals surface area (Å²) in [5.41, 5.74) is 0.0349. The lowest BCUT2D eigenvalue weighted by Crippen LogP contribution is -2.46. The van der Waals surface area contributed by atoms with Gasteiger partial charge in [0, 0.05) is 10.0 Å². The Balaban J connectivity index is 2.71. The summed E-state index contributed by atoms with van der Waals surface area (Å²) >= 11 is 11.8. The van der Waals surface area contributed by atoms with Gasteiger partial charge in [0.1, 0.15) is 0 Å². The fourth-order valence-corrected chi connectivity index (χ4v) is 1.69. The van der Waals surface area contributed by atoms with Crippen molar-refractivity contribution in [3.05, 3.63) is 33.8 Å². The first-order chi connectivity index (χ1) is 7.84. The number of carbonyl (C=O) groups is 1. The van der Waals surface area contributed by atoms with Crippen molar-refractivity contribution >= 4 is 29.1 Å². The molecule has 0 radical (unpaired) electrons. The second-order valence-corrected chi connectivity index (χ2v) is 5.35. The van der Waals surface area contributed by atoms with E-state index in [9.17, 15) is 4.79 Å². The molecule has 0 unspecified atom stereocenters. The van der Waals surface area contributed by atoms with E-state index in [0.29, 0.717) is 15.6 Å². The molecular weight excluding hydrogens is 261 g/mol. The van der Waals surface area contributed by atoms with E-state index in [4.69, 9.17) is 28.3 Å². The first-order valence-electron chi connectivity index (χ1n) is 5.20. The molecule has 0 fully saturated rings. The monoisotopic (exact) mass is 275 g/mol. The van der Waals surface area contributed by atoms with Gasteiger partial charge in [0.15, 0.2) is 0 Å². The molecule has 0 heterocycles. The minimum absolute atomic E-state index is 0.123. The molecule has 3 nitrogen and oxygen atoms in total. The zero-order valence-electron chi connectivity index (χ0n) is 9.76. The SMILES string of the molecule is CC(C)(CO)NC(=O)Cc1cc(Cl)ccc1Cl. The van der Waals surface area contributed by atoms with Crippen LogP contribution in [0.2, 0.25) is 10.0 Å². The minimum Gasteiger partial charge on any atom is -0.394 e. The fourth-order valence-electron chi connectivity index (χ4n) is 1.31. The molecule has 0 aliphatic rings. The van der Waals surface area contributed by atoms with E-state index < -0.39 is 5.54 Å². The molecule has 0 aromatic heterocycles. The lowest BCUT2D eigenvalue weighted by atomic mass is 10.1. The van der Waals surface area contributed by atoms with Gasteiger partial charge in [-0.15, -0.1) is 0 Å². The van der Waals surface area contributed by atoms with Crippen LogP contribution in [0.5, 0.6) is 0 Å². The van der Waals surface area contributed by atoms with Gasteiger partial charge in [0.2, 0.25) is 5.91 Å². The highest BCUT2D eigenvalue weighted by atomic mass is 35.5. The summed E-state index contributed by atoms with van der Waals surface area (Å²) in [5, 5.41) is 12.8. The lowest BCUT2D eigenvalue weighted by molar-refractivity contribution is -0.122. The van der Waals surface area contributed by atoms with Crippen LogP contribution in [0.25, 0.3) is 0 Å². The predicted octanol–water partition coefficient (Wildman–Crippen LogP) is 2.42. The van der Waals surface area contributed by atoms with Crippen molar-refractivity contribution in [2.24, 2.45) is 0 Å². The van der Waals surface area contributed by atoms with Gasteiger partial charge in [0.25, 0.3) is 0 Å². The average Bonchev–Trinajstić information content (AvgIpc) is 2.23. The molecule has 1 rings (SSSR count). The number of nitrogens with one attached hydrogen (secondary N) is 1. The van der Waals surface area contributed by atoms with Gasteiger partial charge in [-0.3, -0.25) is 4.79 Å². The van der Waals surface area contributed by atoms with E-state index in [1.807, 2.05) is 0 Å². The van der Waals surface area contributed by atoms with Crippen molar-refractivity contribution < 1.29 is 9.90 Å². The van der Waals surface area contributed by atoms with E-state index in [0.717, 1.165) is 0 Å². The van der Waals surface area contributed by atoms with Crippen LogP contribution < -0.4 is 5.32 Å². The van der Waals surface area contributed by atoms with Gasteiger partial charge in [-0.05, 0) is 37.6 Å². The summed E-state index contributed by atoms with van der Waals surface area (Å²) in [6.07, 6.45) is 0.142. The zero-order chi connectivity index (χ0) is 13.1. The van der Waals surface area contributed by atoms with Crippen molar-refractivity contribution in [2.45, 2.75) is 25.8 Å². The van der Waals surface area contributed by atoms with Crippen LogP contribution in [0.3, 0.4) is 0 Å². The van der Waals surface area contributed by atoms with Crippen LogP contribution in [-0.2, 0) is 11.2 Å². The van der Waals surface area contributed by atoms with Crippen LogP contribution in [0.15, 0.2) is 18.2 Å². The zero-order valence-corrected chi connectivity index (χ0v) is 11.3. The molecule has 0 saturated carbocycles. The number of amides is 1. The Morgan fingerprint density at radius 1 is 1.41 bits per heavy atom.